The summed E-state index contributed by atoms with van der Waals surface area (Å²) in [6.07, 6.45) is 1.16. The van der Waals surface area contributed by atoms with E-state index in [1.165, 1.54) is 5.71 Å². The van der Waals surface area contributed by atoms with Crippen LogP contribution in [0.5, 0.6) is 0 Å². The van der Waals surface area contributed by atoms with Crippen LogP contribution in [0.2, 0.25) is 0 Å². The van der Waals surface area contributed by atoms with Crippen molar-refractivity contribution in [2.45, 2.75) is 27.2 Å². The van der Waals surface area contributed by atoms with Crippen LogP contribution in [-0.4, -0.2) is 23.8 Å². The molecule has 0 amide bonds. The first-order valence-corrected chi connectivity index (χ1v) is 3.97. The molecule has 0 radical (unpaired) electrons. The number of nitrogens with zero attached hydrogens (tertiary/aromatic N) is 2. The maximum atomic E-state index is 4.38. The fraction of sp³-hybridized carbons (Fsp3) is 0.875. The highest BCUT2D eigenvalue weighted by Gasteiger charge is 2.10. The Bertz CT molecular complexity index is 138. The van der Waals surface area contributed by atoms with E-state index in [-0.39, 0.29) is 0 Å². The second-order valence-electron chi connectivity index (χ2n) is 3.39. The summed E-state index contributed by atoms with van der Waals surface area (Å²) in [7, 11) is 0. The molecule has 0 aliphatic carbocycles. The Labute approximate surface area is 62.9 Å². The minimum atomic E-state index is 0.731. The number of hydrogen-bond donors (Lipinski definition) is 0. The molecular formula is C8H16N2. The summed E-state index contributed by atoms with van der Waals surface area (Å²) in [6.45, 7) is 8.79. The van der Waals surface area contributed by atoms with Crippen LogP contribution in [0.3, 0.4) is 0 Å². The van der Waals surface area contributed by atoms with Gasteiger partial charge in [-0.05, 0) is 12.8 Å². The summed E-state index contributed by atoms with van der Waals surface area (Å²) in [6, 6.07) is 0. The van der Waals surface area contributed by atoms with Gasteiger partial charge in [0.2, 0.25) is 0 Å². The average molecular weight is 140 g/mol. The van der Waals surface area contributed by atoms with Crippen LogP contribution in [0.25, 0.3) is 0 Å². The van der Waals surface area contributed by atoms with Gasteiger partial charge in [-0.15, -0.1) is 0 Å². The third-order valence-electron chi connectivity index (χ3n) is 1.62. The molecule has 0 fully saturated rings. The molecule has 0 bridgehead atoms. The molecule has 10 heavy (non-hydrogen) atoms. The Morgan fingerprint density at radius 1 is 1.60 bits per heavy atom. The maximum Gasteiger partial charge on any atom is 0.0413 e. The highest BCUT2D eigenvalue weighted by Crippen LogP contribution is 2.07. The van der Waals surface area contributed by atoms with E-state index in [1.807, 2.05) is 0 Å². The molecule has 2 nitrogen and oxygen atoms in total. The fourth-order valence-corrected chi connectivity index (χ4v) is 1.19. The van der Waals surface area contributed by atoms with E-state index in [4.69, 9.17) is 0 Å². The Kier molecular flexibility index (Phi) is 2.30. The molecule has 1 rings (SSSR count). The fourth-order valence-electron chi connectivity index (χ4n) is 1.19. The Morgan fingerprint density at radius 2 is 2.30 bits per heavy atom. The summed E-state index contributed by atoms with van der Waals surface area (Å²) in [5.41, 5.74) is 1.28. The van der Waals surface area contributed by atoms with Crippen molar-refractivity contribution in [1.29, 1.82) is 0 Å². The van der Waals surface area contributed by atoms with Gasteiger partial charge in [-0.1, -0.05) is 13.8 Å². The minimum Gasteiger partial charge on any atom is -0.296 e. The molecule has 0 saturated carbocycles. The first-order chi connectivity index (χ1) is 4.68. The molecule has 0 atom stereocenters. The van der Waals surface area contributed by atoms with Gasteiger partial charge in [-0.2, -0.15) is 5.10 Å². The van der Waals surface area contributed by atoms with Gasteiger partial charge in [0.15, 0.2) is 0 Å². The van der Waals surface area contributed by atoms with Crippen molar-refractivity contribution in [2.24, 2.45) is 11.0 Å². The first-order valence-electron chi connectivity index (χ1n) is 3.97. The standard InChI is InChI=1S/C8H16N2/c1-7(2)6-10-5-4-8(3)9-10/h7H,4-6H2,1-3H3. The number of rotatable bonds is 2. The monoisotopic (exact) mass is 140 g/mol. The zero-order chi connectivity index (χ0) is 7.56. The van der Waals surface area contributed by atoms with Gasteiger partial charge in [0.1, 0.15) is 0 Å². The van der Waals surface area contributed by atoms with Crippen molar-refractivity contribution in [1.82, 2.24) is 5.01 Å². The lowest BCUT2D eigenvalue weighted by Gasteiger charge is -2.15. The average Bonchev–Trinajstić information content (AvgIpc) is 2.13. The van der Waals surface area contributed by atoms with Gasteiger partial charge < -0.3 is 0 Å². The molecule has 0 N–H and O–H groups in total. The van der Waals surface area contributed by atoms with E-state index < -0.39 is 0 Å². The zero-order valence-corrected chi connectivity index (χ0v) is 7.09. The normalized spacial score (nSPS) is 18.4. The maximum absolute atomic E-state index is 4.38. The van der Waals surface area contributed by atoms with Crippen molar-refractivity contribution in [3.63, 3.8) is 0 Å². The highest BCUT2D eigenvalue weighted by atomic mass is 15.5. The Hall–Kier alpha value is -0.530. The molecule has 0 saturated heterocycles. The Balaban J connectivity index is 2.31. The molecule has 1 heterocycles. The van der Waals surface area contributed by atoms with Gasteiger partial charge in [0.25, 0.3) is 0 Å². The summed E-state index contributed by atoms with van der Waals surface area (Å²) < 4.78 is 0. The van der Waals surface area contributed by atoms with Crippen molar-refractivity contribution >= 4 is 5.71 Å². The first kappa shape index (κ1) is 7.58. The highest BCUT2D eigenvalue weighted by molar-refractivity contribution is 5.82. The topological polar surface area (TPSA) is 15.6 Å². The number of hydrazone groups is 1. The summed E-state index contributed by atoms with van der Waals surface area (Å²) in [5.74, 6) is 0.731. The quantitative estimate of drug-likeness (QED) is 0.570. The van der Waals surface area contributed by atoms with E-state index in [1.54, 1.807) is 0 Å². The lowest BCUT2D eigenvalue weighted by atomic mass is 10.2. The molecule has 0 spiro atoms. The molecule has 0 unspecified atom stereocenters. The van der Waals surface area contributed by atoms with Crippen LogP contribution >= 0.6 is 0 Å². The van der Waals surface area contributed by atoms with Crippen LogP contribution < -0.4 is 0 Å². The third-order valence-corrected chi connectivity index (χ3v) is 1.62. The van der Waals surface area contributed by atoms with Crippen LogP contribution in [0.4, 0.5) is 0 Å². The van der Waals surface area contributed by atoms with E-state index in [2.05, 4.69) is 30.9 Å². The molecule has 58 valence electrons. The second-order valence-corrected chi connectivity index (χ2v) is 3.39. The lowest BCUT2D eigenvalue weighted by Crippen LogP contribution is -2.19. The molecule has 0 aromatic heterocycles. The van der Waals surface area contributed by atoms with Crippen LogP contribution in [0, 0.1) is 5.92 Å². The Morgan fingerprint density at radius 3 is 2.70 bits per heavy atom. The van der Waals surface area contributed by atoms with Crippen LogP contribution in [0.15, 0.2) is 5.10 Å². The molecule has 0 aromatic carbocycles. The van der Waals surface area contributed by atoms with Gasteiger partial charge in [0, 0.05) is 25.2 Å². The zero-order valence-electron chi connectivity index (χ0n) is 7.09. The third kappa shape index (κ3) is 2.01. The molecule has 1 aliphatic heterocycles. The molecular weight excluding hydrogens is 124 g/mol. The predicted molar refractivity (Wildman–Crippen MR) is 44.1 cm³/mol. The van der Waals surface area contributed by atoms with Crippen LogP contribution in [-0.2, 0) is 0 Å². The van der Waals surface area contributed by atoms with Gasteiger partial charge in [0.05, 0.1) is 0 Å². The largest absolute Gasteiger partial charge is 0.296 e. The summed E-state index contributed by atoms with van der Waals surface area (Å²) in [5, 5.41) is 6.55. The van der Waals surface area contributed by atoms with Crippen molar-refractivity contribution < 1.29 is 0 Å². The minimum absolute atomic E-state index is 0.731. The predicted octanol–water partition coefficient (Wildman–Crippen LogP) is 1.72. The van der Waals surface area contributed by atoms with E-state index in [0.717, 1.165) is 25.4 Å². The smallest absolute Gasteiger partial charge is 0.0413 e. The van der Waals surface area contributed by atoms with Crippen molar-refractivity contribution in [3.8, 4) is 0 Å². The van der Waals surface area contributed by atoms with E-state index >= 15 is 0 Å². The van der Waals surface area contributed by atoms with Gasteiger partial charge in [-0.25, -0.2) is 0 Å². The van der Waals surface area contributed by atoms with Gasteiger partial charge >= 0.3 is 0 Å². The van der Waals surface area contributed by atoms with Gasteiger partial charge in [-0.3, -0.25) is 5.01 Å². The SMILES string of the molecule is CC1=NN(CC(C)C)CC1. The van der Waals surface area contributed by atoms with Crippen molar-refractivity contribution in [3.05, 3.63) is 0 Å². The van der Waals surface area contributed by atoms with Crippen LogP contribution in [0.1, 0.15) is 27.2 Å². The lowest BCUT2D eigenvalue weighted by molar-refractivity contribution is 0.281. The van der Waals surface area contributed by atoms with E-state index in [0.29, 0.717) is 0 Å². The second kappa shape index (κ2) is 3.04. The summed E-state index contributed by atoms with van der Waals surface area (Å²) >= 11 is 0. The molecule has 0 aromatic rings. The molecule has 2 heteroatoms. The molecule has 1 aliphatic rings. The van der Waals surface area contributed by atoms with E-state index in [9.17, 15) is 0 Å². The summed E-state index contributed by atoms with van der Waals surface area (Å²) in [4.78, 5) is 0. The number of hydrogen-bond acceptors (Lipinski definition) is 2. The van der Waals surface area contributed by atoms with Crippen molar-refractivity contribution in [2.75, 3.05) is 13.1 Å².